The van der Waals surface area contributed by atoms with E-state index in [0.717, 1.165) is 25.7 Å². The Balaban J connectivity index is -0.000000249. The molecule has 1 atom stereocenters. The van der Waals surface area contributed by atoms with Crippen LogP contribution in [0.5, 0.6) is 0 Å². The topological polar surface area (TPSA) is 98.0 Å². The summed E-state index contributed by atoms with van der Waals surface area (Å²) in [7, 11) is -2.17. The van der Waals surface area contributed by atoms with Crippen LogP contribution >= 0.6 is 0 Å². The molecule has 0 aromatic heterocycles. The molecule has 1 unspecified atom stereocenters. The van der Waals surface area contributed by atoms with Crippen LogP contribution in [0.25, 0.3) is 0 Å². The maximum Gasteiger partial charge on any atom is 0.631 e. The maximum atomic E-state index is 10.4. The van der Waals surface area contributed by atoms with E-state index < -0.39 is 13.3 Å². The van der Waals surface area contributed by atoms with Gasteiger partial charge in [0.1, 0.15) is 0 Å². The molecule has 0 aliphatic carbocycles. The van der Waals surface area contributed by atoms with Gasteiger partial charge in [-0.3, -0.25) is 4.79 Å². The average Bonchev–Trinajstić information content (AvgIpc) is 2.04. The largest absolute Gasteiger partial charge is 0.631 e. The van der Waals surface area contributed by atoms with E-state index >= 15 is 0 Å². The zero-order valence-corrected chi connectivity index (χ0v) is 11.3. The summed E-state index contributed by atoms with van der Waals surface area (Å²) in [4.78, 5) is 10.4. The second kappa shape index (κ2) is 14.2. The molecule has 0 saturated heterocycles. The number of carboxylic acids is 1. The van der Waals surface area contributed by atoms with Crippen molar-refractivity contribution in [2.45, 2.75) is 39.5 Å². The number of carboxylic acid groups (broad SMARTS) is 1. The summed E-state index contributed by atoms with van der Waals surface area (Å²) in [5.41, 5.74) is 0. The van der Waals surface area contributed by atoms with Crippen molar-refractivity contribution in [2.24, 2.45) is 5.92 Å². The van der Waals surface area contributed by atoms with Gasteiger partial charge in [-0.25, -0.2) is 0 Å². The summed E-state index contributed by atoms with van der Waals surface area (Å²) in [6.45, 7) is 4.00. The fourth-order valence-electron chi connectivity index (χ4n) is 0.953. The third-order valence-corrected chi connectivity index (χ3v) is 1.75. The van der Waals surface area contributed by atoms with Crippen molar-refractivity contribution in [3.63, 3.8) is 0 Å². The molecular formula is C8H19BNbO5. The molecule has 0 rings (SSSR count). The Morgan fingerprint density at radius 2 is 1.67 bits per heavy atom. The van der Waals surface area contributed by atoms with Crippen molar-refractivity contribution in [3.05, 3.63) is 0 Å². The zero-order chi connectivity index (χ0) is 11.6. The molecule has 89 valence electrons. The molecule has 0 aromatic carbocycles. The minimum Gasteiger partial charge on any atom is -0.481 e. The molecule has 0 amide bonds. The van der Waals surface area contributed by atoms with Gasteiger partial charge in [0, 0.05) is 22.4 Å². The molecule has 7 heteroatoms. The number of rotatable bonds is 5. The second-order valence-electron chi connectivity index (χ2n) is 2.93. The third kappa shape index (κ3) is 20.3. The predicted octanol–water partition coefficient (Wildman–Crippen LogP) is 0.233. The van der Waals surface area contributed by atoms with Crippen molar-refractivity contribution in [3.8, 4) is 0 Å². The first-order valence-electron chi connectivity index (χ1n) is 4.72. The van der Waals surface area contributed by atoms with Gasteiger partial charge in [0.2, 0.25) is 0 Å². The van der Waals surface area contributed by atoms with E-state index in [9.17, 15) is 4.79 Å². The molecule has 0 aromatic rings. The van der Waals surface area contributed by atoms with Crippen molar-refractivity contribution in [1.29, 1.82) is 0 Å². The van der Waals surface area contributed by atoms with Crippen molar-refractivity contribution in [2.75, 3.05) is 0 Å². The normalized spacial score (nSPS) is 10.5. The van der Waals surface area contributed by atoms with Gasteiger partial charge in [-0.1, -0.05) is 26.7 Å². The Labute approximate surface area is 106 Å². The number of unbranched alkanes of at least 4 members (excludes halogenated alkanes) is 1. The number of aliphatic carboxylic acids is 1. The van der Waals surface area contributed by atoms with Gasteiger partial charge in [0.05, 0.1) is 5.92 Å². The summed E-state index contributed by atoms with van der Waals surface area (Å²) in [5.74, 6) is -0.754. The molecule has 4 N–H and O–H groups in total. The van der Waals surface area contributed by atoms with Crippen LogP contribution in [0, 0.1) is 5.92 Å². The van der Waals surface area contributed by atoms with Crippen molar-refractivity contribution in [1.82, 2.24) is 0 Å². The standard InChI is InChI=1S/C8H16O2.BH3O3.Nb/c1-3-5-6-7(4-2)8(9)10;2-1(3)4;/h7H,3-6H2,1-2H3,(H,9,10);2-4H;. The van der Waals surface area contributed by atoms with Crippen molar-refractivity contribution >= 4 is 13.3 Å². The monoisotopic (exact) mass is 299 g/mol. The minimum atomic E-state index is -2.17. The van der Waals surface area contributed by atoms with Gasteiger partial charge in [-0.2, -0.15) is 0 Å². The SMILES string of the molecule is CCCCC(CC)C(=O)O.OB(O)O.[Nb]. The summed E-state index contributed by atoms with van der Waals surface area (Å²) in [5, 5.41) is 30.1. The predicted molar refractivity (Wildman–Crippen MR) is 53.4 cm³/mol. The number of carbonyl (C=O) groups is 1. The van der Waals surface area contributed by atoms with Gasteiger partial charge < -0.3 is 20.2 Å². The van der Waals surface area contributed by atoms with Crippen LogP contribution in [0.15, 0.2) is 0 Å². The second-order valence-corrected chi connectivity index (χ2v) is 2.93. The van der Waals surface area contributed by atoms with E-state index in [1.54, 1.807) is 0 Å². The fraction of sp³-hybridized carbons (Fsp3) is 0.875. The summed E-state index contributed by atoms with van der Waals surface area (Å²) >= 11 is 0. The van der Waals surface area contributed by atoms with Crippen LogP contribution in [-0.4, -0.2) is 33.5 Å². The minimum absolute atomic E-state index is 0. The Morgan fingerprint density at radius 1 is 1.27 bits per heavy atom. The fourth-order valence-corrected chi connectivity index (χ4v) is 0.953. The van der Waals surface area contributed by atoms with Crippen LogP contribution in [0.3, 0.4) is 0 Å². The molecule has 0 spiro atoms. The van der Waals surface area contributed by atoms with E-state index in [2.05, 4.69) is 6.92 Å². The van der Waals surface area contributed by atoms with E-state index in [4.69, 9.17) is 20.2 Å². The molecule has 1 radical (unpaired) electrons. The zero-order valence-electron chi connectivity index (χ0n) is 9.13. The van der Waals surface area contributed by atoms with Gasteiger partial charge >= 0.3 is 13.3 Å². The molecule has 0 bridgehead atoms. The molecule has 15 heavy (non-hydrogen) atoms. The van der Waals surface area contributed by atoms with Crippen LogP contribution in [-0.2, 0) is 27.2 Å². The molecule has 5 nitrogen and oxygen atoms in total. The summed E-state index contributed by atoms with van der Waals surface area (Å²) in [6, 6.07) is 0. The van der Waals surface area contributed by atoms with Gasteiger partial charge in [-0.15, -0.1) is 0 Å². The van der Waals surface area contributed by atoms with Gasteiger partial charge in [-0.05, 0) is 12.8 Å². The van der Waals surface area contributed by atoms with Crippen LogP contribution in [0.4, 0.5) is 0 Å². The molecule has 0 aliphatic heterocycles. The third-order valence-electron chi connectivity index (χ3n) is 1.75. The molecule has 0 fully saturated rings. The Morgan fingerprint density at radius 3 is 1.87 bits per heavy atom. The molecular weight excluding hydrogens is 280 g/mol. The molecule has 0 aliphatic rings. The molecule has 0 heterocycles. The average molecular weight is 299 g/mol. The first-order valence-corrected chi connectivity index (χ1v) is 4.72. The van der Waals surface area contributed by atoms with E-state index in [0.29, 0.717) is 0 Å². The smallest absolute Gasteiger partial charge is 0.481 e. The van der Waals surface area contributed by atoms with Crippen LogP contribution in [0.1, 0.15) is 39.5 Å². The van der Waals surface area contributed by atoms with Crippen LogP contribution in [0.2, 0.25) is 0 Å². The summed E-state index contributed by atoms with van der Waals surface area (Å²) in [6.07, 6.45) is 3.71. The van der Waals surface area contributed by atoms with Gasteiger partial charge in [0.25, 0.3) is 0 Å². The van der Waals surface area contributed by atoms with Gasteiger partial charge in [0.15, 0.2) is 0 Å². The van der Waals surface area contributed by atoms with E-state index in [1.165, 1.54) is 0 Å². The quantitative estimate of drug-likeness (QED) is 0.545. The maximum absolute atomic E-state index is 10.4. The van der Waals surface area contributed by atoms with E-state index in [-0.39, 0.29) is 28.3 Å². The van der Waals surface area contributed by atoms with E-state index in [1.807, 2.05) is 6.92 Å². The first kappa shape index (κ1) is 20.6. The first-order chi connectivity index (χ1) is 6.45. The Bertz CT molecular complexity index is 142. The number of hydrogen-bond donors (Lipinski definition) is 4. The summed E-state index contributed by atoms with van der Waals surface area (Å²) < 4.78 is 0. The number of hydrogen-bond acceptors (Lipinski definition) is 4. The Kier molecular flexibility index (Phi) is 19.4. The van der Waals surface area contributed by atoms with Crippen molar-refractivity contribution < 1.29 is 47.4 Å². The Hall–Kier alpha value is 0.155. The molecule has 0 saturated carbocycles. The van der Waals surface area contributed by atoms with Crippen LogP contribution < -0.4 is 0 Å².